The van der Waals surface area contributed by atoms with Gasteiger partial charge in [-0.15, -0.1) is 0 Å². The van der Waals surface area contributed by atoms with Crippen LogP contribution in [-0.4, -0.2) is 31.0 Å². The Hall–Kier alpha value is -2.68. The Morgan fingerprint density at radius 3 is 2.53 bits per heavy atom. The first-order valence-corrected chi connectivity index (χ1v) is 10.1. The van der Waals surface area contributed by atoms with Crippen LogP contribution in [0.3, 0.4) is 0 Å². The molecule has 2 aliphatic heterocycles. The molecule has 0 radical (unpaired) electrons. The summed E-state index contributed by atoms with van der Waals surface area (Å²) in [5, 5.41) is 13.5. The molecule has 4 rings (SSSR count). The smallest absolute Gasteiger partial charge is 0.307 e. The Labute approximate surface area is 174 Å². The van der Waals surface area contributed by atoms with Gasteiger partial charge >= 0.3 is 5.97 Å². The van der Waals surface area contributed by atoms with Gasteiger partial charge in [-0.25, -0.2) is 15.2 Å². The molecule has 2 saturated heterocycles. The van der Waals surface area contributed by atoms with Gasteiger partial charge in [0.25, 0.3) is 0 Å². The zero-order valence-corrected chi connectivity index (χ0v) is 16.9. The Bertz CT molecular complexity index is 908. The number of halogens is 1. The number of aliphatic carboxylic acids is 1. The third-order valence-corrected chi connectivity index (χ3v) is 5.94. The molecule has 2 aliphatic rings. The topological polar surface area (TPSA) is 91.9 Å². The Morgan fingerprint density at radius 1 is 1.13 bits per heavy atom. The van der Waals surface area contributed by atoms with Gasteiger partial charge in [-0.05, 0) is 48.7 Å². The van der Waals surface area contributed by atoms with Crippen LogP contribution in [0.25, 0.3) is 0 Å². The van der Waals surface area contributed by atoms with Crippen molar-refractivity contribution in [3.63, 3.8) is 0 Å². The van der Waals surface area contributed by atoms with Gasteiger partial charge in [0, 0.05) is 12.0 Å². The molecule has 5 unspecified atom stereocenters. The largest absolute Gasteiger partial charge is 0.493 e. The van der Waals surface area contributed by atoms with Gasteiger partial charge < -0.3 is 14.6 Å². The molecule has 0 spiro atoms. The van der Waals surface area contributed by atoms with Crippen LogP contribution >= 0.6 is 0 Å². The number of hydrazine groups is 1. The summed E-state index contributed by atoms with van der Waals surface area (Å²) in [6.45, 7) is 2.44. The predicted molar refractivity (Wildman–Crippen MR) is 108 cm³/mol. The van der Waals surface area contributed by atoms with E-state index in [4.69, 9.17) is 9.47 Å². The van der Waals surface area contributed by atoms with Crippen molar-refractivity contribution in [2.45, 2.75) is 31.6 Å². The van der Waals surface area contributed by atoms with E-state index in [1.807, 2.05) is 25.1 Å². The van der Waals surface area contributed by atoms with Crippen LogP contribution < -0.4 is 25.6 Å². The Balaban J connectivity index is 1.60. The van der Waals surface area contributed by atoms with Gasteiger partial charge in [0.15, 0.2) is 11.5 Å². The van der Waals surface area contributed by atoms with E-state index >= 15 is 0 Å². The van der Waals surface area contributed by atoms with Crippen LogP contribution in [0.15, 0.2) is 42.5 Å². The van der Waals surface area contributed by atoms with Crippen LogP contribution in [0, 0.1) is 17.7 Å². The second kappa shape index (κ2) is 8.59. The van der Waals surface area contributed by atoms with E-state index in [-0.39, 0.29) is 30.0 Å². The van der Waals surface area contributed by atoms with Crippen LogP contribution in [0.5, 0.6) is 11.5 Å². The fourth-order valence-electron chi connectivity index (χ4n) is 4.53. The molecule has 8 heteroatoms. The number of hydrogen-bond donors (Lipinski definition) is 4. The highest BCUT2D eigenvalue weighted by Gasteiger charge is 2.49. The van der Waals surface area contributed by atoms with Crippen LogP contribution in [0.1, 0.15) is 36.6 Å². The van der Waals surface area contributed by atoms with Crippen molar-refractivity contribution < 1.29 is 23.8 Å². The van der Waals surface area contributed by atoms with E-state index in [0.717, 1.165) is 11.1 Å². The van der Waals surface area contributed by atoms with Crippen molar-refractivity contribution in [1.29, 1.82) is 0 Å². The first kappa shape index (κ1) is 20.6. The fourth-order valence-corrected chi connectivity index (χ4v) is 4.53. The molecule has 2 fully saturated rings. The zero-order valence-electron chi connectivity index (χ0n) is 16.9. The summed E-state index contributed by atoms with van der Waals surface area (Å²) in [7, 11) is 1.59. The van der Waals surface area contributed by atoms with Gasteiger partial charge in [-0.1, -0.05) is 18.2 Å². The molecular formula is C22H26FN3O4. The molecule has 0 saturated carbocycles. The molecule has 0 aromatic heterocycles. The van der Waals surface area contributed by atoms with Crippen LogP contribution in [-0.2, 0) is 4.79 Å². The average molecular weight is 415 g/mol. The molecule has 4 N–H and O–H groups in total. The number of carbonyl (C=O) groups is 1. The third kappa shape index (κ3) is 3.86. The second-order valence-corrected chi connectivity index (χ2v) is 7.62. The van der Waals surface area contributed by atoms with E-state index in [1.54, 1.807) is 19.2 Å². The molecular weight excluding hydrogens is 389 g/mol. The van der Waals surface area contributed by atoms with E-state index in [0.29, 0.717) is 24.5 Å². The highest BCUT2D eigenvalue weighted by atomic mass is 19.1. The highest BCUT2D eigenvalue weighted by Crippen LogP contribution is 2.43. The van der Waals surface area contributed by atoms with Crippen molar-refractivity contribution in [1.82, 2.24) is 16.2 Å². The SMILES string of the molecule is CCOc1ccc(C2CC(C(=O)O)C3C(NNC3c3ccc(F)cc3)N2)cc1OC. The van der Waals surface area contributed by atoms with E-state index in [9.17, 15) is 14.3 Å². The standard InChI is InChI=1S/C22H26FN3O4/c1-3-30-17-9-6-13(10-18(17)29-2)16-11-15(22(27)28)19-20(25-26-21(19)24-16)12-4-7-14(23)8-5-12/h4-10,15-16,19-21,24-26H,3,11H2,1-2H3,(H,27,28). The first-order chi connectivity index (χ1) is 14.5. The second-order valence-electron chi connectivity index (χ2n) is 7.62. The molecule has 0 amide bonds. The maximum atomic E-state index is 13.3. The highest BCUT2D eigenvalue weighted by molar-refractivity contribution is 5.71. The maximum absolute atomic E-state index is 13.3. The summed E-state index contributed by atoms with van der Waals surface area (Å²) in [5.74, 6) is -0.699. The van der Waals surface area contributed by atoms with Gasteiger partial charge in [0.05, 0.1) is 31.8 Å². The number of ether oxygens (including phenoxy) is 2. The number of nitrogens with one attached hydrogen (secondary N) is 3. The van der Waals surface area contributed by atoms with Crippen LogP contribution in [0.2, 0.25) is 0 Å². The molecule has 2 heterocycles. The minimum Gasteiger partial charge on any atom is -0.493 e. The lowest BCUT2D eigenvalue weighted by atomic mass is 9.75. The lowest BCUT2D eigenvalue weighted by molar-refractivity contribution is -0.146. The monoisotopic (exact) mass is 415 g/mol. The molecule has 7 nitrogen and oxygen atoms in total. The van der Waals surface area contributed by atoms with E-state index in [2.05, 4.69) is 16.2 Å². The minimum absolute atomic E-state index is 0.168. The minimum atomic E-state index is -0.841. The summed E-state index contributed by atoms with van der Waals surface area (Å²) in [5.41, 5.74) is 8.18. The Morgan fingerprint density at radius 2 is 1.87 bits per heavy atom. The fraction of sp³-hybridized carbons (Fsp3) is 0.409. The number of piperidine rings is 1. The summed E-state index contributed by atoms with van der Waals surface area (Å²) in [4.78, 5) is 12.2. The number of carboxylic acids is 1. The van der Waals surface area contributed by atoms with Crippen molar-refractivity contribution >= 4 is 5.97 Å². The molecule has 30 heavy (non-hydrogen) atoms. The summed E-state index contributed by atoms with van der Waals surface area (Å²) in [6.07, 6.45) is 0.173. The quantitative estimate of drug-likeness (QED) is 0.577. The first-order valence-electron chi connectivity index (χ1n) is 10.1. The summed E-state index contributed by atoms with van der Waals surface area (Å²) in [6, 6.07) is 11.4. The molecule has 160 valence electrons. The predicted octanol–water partition coefficient (Wildman–Crippen LogP) is 2.76. The number of benzene rings is 2. The summed E-state index contributed by atoms with van der Waals surface area (Å²) < 4.78 is 24.4. The third-order valence-electron chi connectivity index (χ3n) is 5.94. The van der Waals surface area contributed by atoms with Gasteiger partial charge in [0.2, 0.25) is 0 Å². The number of fused-ring (bicyclic) bond motifs is 1. The molecule has 5 atom stereocenters. The van der Waals surface area contributed by atoms with E-state index in [1.165, 1.54) is 12.1 Å². The van der Waals surface area contributed by atoms with Gasteiger partial charge in [0.1, 0.15) is 5.82 Å². The normalized spacial score (nSPS) is 28.0. The molecule has 0 bridgehead atoms. The van der Waals surface area contributed by atoms with Crippen molar-refractivity contribution in [3.8, 4) is 11.5 Å². The Kier molecular flexibility index (Phi) is 5.90. The lowest BCUT2D eigenvalue weighted by Gasteiger charge is -2.39. The van der Waals surface area contributed by atoms with Crippen LogP contribution in [0.4, 0.5) is 4.39 Å². The van der Waals surface area contributed by atoms with E-state index < -0.39 is 11.9 Å². The van der Waals surface area contributed by atoms with Gasteiger partial charge in [-0.3, -0.25) is 10.1 Å². The van der Waals surface area contributed by atoms with Gasteiger partial charge in [-0.2, -0.15) is 0 Å². The molecule has 2 aromatic rings. The average Bonchev–Trinajstić information content (AvgIpc) is 3.18. The number of hydrogen-bond acceptors (Lipinski definition) is 6. The van der Waals surface area contributed by atoms with Crippen molar-refractivity contribution in [2.75, 3.05) is 13.7 Å². The zero-order chi connectivity index (χ0) is 21.3. The van der Waals surface area contributed by atoms with Crippen molar-refractivity contribution in [3.05, 3.63) is 59.4 Å². The molecule has 0 aliphatic carbocycles. The maximum Gasteiger partial charge on any atom is 0.307 e. The lowest BCUT2D eigenvalue weighted by Crippen LogP contribution is -2.53. The number of carboxylic acid groups (broad SMARTS) is 1. The van der Waals surface area contributed by atoms with Crippen molar-refractivity contribution in [2.24, 2.45) is 11.8 Å². The number of rotatable bonds is 6. The number of methoxy groups -OCH3 is 1. The molecule has 2 aromatic carbocycles. The summed E-state index contributed by atoms with van der Waals surface area (Å²) >= 11 is 0.